The van der Waals surface area contributed by atoms with Crippen LogP contribution in [0.4, 0.5) is 0 Å². The number of nitrogens with two attached hydrogens (primary N) is 1. The van der Waals surface area contributed by atoms with E-state index in [9.17, 15) is 5.11 Å². The van der Waals surface area contributed by atoms with Gasteiger partial charge in [-0.1, -0.05) is 6.07 Å². The third kappa shape index (κ3) is 2.15. The maximum Gasteiger partial charge on any atom is 0.128 e. The minimum atomic E-state index is 0. The number of benzene rings is 1. The Balaban J connectivity index is 0.00000144. The van der Waals surface area contributed by atoms with Gasteiger partial charge in [-0.2, -0.15) is 0 Å². The Morgan fingerprint density at radius 1 is 1.29 bits per heavy atom. The van der Waals surface area contributed by atoms with E-state index in [0.29, 0.717) is 12.3 Å². The van der Waals surface area contributed by atoms with E-state index < -0.39 is 0 Å². The van der Waals surface area contributed by atoms with Crippen LogP contribution in [0.3, 0.4) is 0 Å². The van der Waals surface area contributed by atoms with E-state index in [1.807, 2.05) is 20.0 Å². The second-order valence-corrected chi connectivity index (χ2v) is 4.29. The lowest BCUT2D eigenvalue weighted by atomic mass is 10.0. The number of halogens is 1. The van der Waals surface area contributed by atoms with E-state index in [-0.39, 0.29) is 24.0 Å². The first-order valence-electron chi connectivity index (χ1n) is 5.54. The number of nitrogens with zero attached hydrogens (tertiary/aromatic N) is 1. The molecule has 0 bridgehead atoms. The Kier molecular flexibility index (Phi) is 4.43. The maximum atomic E-state index is 10.1. The van der Waals surface area contributed by atoms with Crippen molar-refractivity contribution in [2.45, 2.75) is 20.3 Å². The molecule has 0 aliphatic rings. The number of rotatable bonds is 2. The molecule has 2 aromatic rings. The summed E-state index contributed by atoms with van der Waals surface area (Å²) in [5, 5.41) is 11.1. The van der Waals surface area contributed by atoms with Crippen LogP contribution < -0.4 is 5.73 Å². The fourth-order valence-corrected chi connectivity index (χ4v) is 2.28. The monoisotopic (exact) mass is 346 g/mol. The second kappa shape index (κ2) is 5.27. The van der Waals surface area contributed by atoms with Gasteiger partial charge in [-0.05, 0) is 44.0 Å². The van der Waals surface area contributed by atoms with Crippen molar-refractivity contribution in [3.8, 4) is 5.75 Å². The van der Waals surface area contributed by atoms with Gasteiger partial charge < -0.3 is 15.4 Å². The lowest BCUT2D eigenvalue weighted by Crippen LogP contribution is -2.04. The molecular formula is C13H19IN2O. The average molecular weight is 346 g/mol. The first-order valence-corrected chi connectivity index (χ1v) is 5.54. The van der Waals surface area contributed by atoms with Crippen molar-refractivity contribution < 1.29 is 5.11 Å². The van der Waals surface area contributed by atoms with Gasteiger partial charge in [0.2, 0.25) is 0 Å². The molecule has 3 nitrogen and oxygen atoms in total. The summed E-state index contributed by atoms with van der Waals surface area (Å²) < 4.78 is 2.11. The molecule has 0 spiro atoms. The summed E-state index contributed by atoms with van der Waals surface area (Å²) in [7, 11) is 2.02. The number of phenols is 1. The molecule has 0 radical (unpaired) electrons. The first kappa shape index (κ1) is 14.3. The number of hydrogen-bond donors (Lipinski definition) is 2. The molecule has 0 atom stereocenters. The van der Waals surface area contributed by atoms with Crippen LogP contribution in [0, 0.1) is 13.8 Å². The van der Waals surface area contributed by atoms with Crippen LogP contribution in [0.5, 0.6) is 5.75 Å². The van der Waals surface area contributed by atoms with Crippen LogP contribution in [0.15, 0.2) is 12.1 Å². The zero-order valence-electron chi connectivity index (χ0n) is 10.4. The van der Waals surface area contributed by atoms with Crippen molar-refractivity contribution in [2.75, 3.05) is 6.54 Å². The predicted molar refractivity (Wildman–Crippen MR) is 82.2 cm³/mol. The van der Waals surface area contributed by atoms with Gasteiger partial charge >= 0.3 is 0 Å². The van der Waals surface area contributed by atoms with Crippen molar-refractivity contribution in [1.82, 2.24) is 4.57 Å². The van der Waals surface area contributed by atoms with Gasteiger partial charge in [0.25, 0.3) is 0 Å². The number of hydrogen-bond acceptors (Lipinski definition) is 2. The van der Waals surface area contributed by atoms with Gasteiger partial charge in [0.1, 0.15) is 5.75 Å². The number of fused-ring (bicyclic) bond motifs is 1. The Hall–Kier alpha value is -0.750. The standard InChI is InChI=1S/C13H18N2O.HI/c1-8-4-5-11-12(13(8)16)10(6-7-14)9(2)15(11)3;/h4-5,16H,6-7,14H2,1-3H3;1H. The van der Waals surface area contributed by atoms with E-state index in [1.165, 1.54) is 11.3 Å². The molecule has 2 rings (SSSR count). The van der Waals surface area contributed by atoms with Crippen molar-refractivity contribution in [3.05, 3.63) is 29.0 Å². The van der Waals surface area contributed by atoms with Crippen LogP contribution in [-0.2, 0) is 13.5 Å². The summed E-state index contributed by atoms with van der Waals surface area (Å²) >= 11 is 0. The van der Waals surface area contributed by atoms with Gasteiger partial charge in [0.05, 0.1) is 5.52 Å². The summed E-state index contributed by atoms with van der Waals surface area (Å²) in [5.74, 6) is 0.393. The molecule has 4 heteroatoms. The Morgan fingerprint density at radius 3 is 2.53 bits per heavy atom. The van der Waals surface area contributed by atoms with Crippen molar-refractivity contribution in [1.29, 1.82) is 0 Å². The number of phenolic OH excluding ortho intramolecular Hbond substituents is 1. The molecule has 3 N–H and O–H groups in total. The SMILES string of the molecule is Cc1ccc2c(c1O)c(CCN)c(C)n2C.I. The molecule has 94 valence electrons. The normalized spacial score (nSPS) is 10.6. The molecule has 0 aliphatic heterocycles. The summed E-state index contributed by atoms with van der Waals surface area (Å²) in [5.41, 5.74) is 9.96. The van der Waals surface area contributed by atoms with Crippen molar-refractivity contribution in [2.24, 2.45) is 12.8 Å². The molecule has 0 fully saturated rings. The zero-order chi connectivity index (χ0) is 11.9. The highest BCUT2D eigenvalue weighted by Crippen LogP contribution is 2.34. The highest BCUT2D eigenvalue weighted by atomic mass is 127. The minimum Gasteiger partial charge on any atom is -0.507 e. The lowest BCUT2D eigenvalue weighted by Gasteiger charge is -2.03. The van der Waals surface area contributed by atoms with Crippen LogP contribution >= 0.6 is 24.0 Å². The first-order chi connectivity index (χ1) is 7.57. The van der Waals surface area contributed by atoms with Crippen LogP contribution in [0.1, 0.15) is 16.8 Å². The fourth-order valence-electron chi connectivity index (χ4n) is 2.28. The Bertz CT molecular complexity index is 546. The molecule has 0 saturated carbocycles. The molecule has 0 amide bonds. The van der Waals surface area contributed by atoms with Gasteiger partial charge in [0, 0.05) is 18.1 Å². The van der Waals surface area contributed by atoms with Crippen molar-refractivity contribution in [3.63, 3.8) is 0 Å². The predicted octanol–water partition coefficient (Wildman–Crippen LogP) is 2.62. The Morgan fingerprint density at radius 2 is 1.94 bits per heavy atom. The smallest absolute Gasteiger partial charge is 0.128 e. The summed E-state index contributed by atoms with van der Waals surface area (Å²) in [6.45, 7) is 4.59. The van der Waals surface area contributed by atoms with Gasteiger partial charge in [-0.3, -0.25) is 0 Å². The molecule has 0 saturated heterocycles. The largest absolute Gasteiger partial charge is 0.507 e. The van der Waals surface area contributed by atoms with Crippen LogP contribution in [0.2, 0.25) is 0 Å². The molecule has 0 unspecified atom stereocenters. The lowest BCUT2D eigenvalue weighted by molar-refractivity contribution is 0.477. The van der Waals surface area contributed by atoms with Crippen LogP contribution in [-0.4, -0.2) is 16.2 Å². The van der Waals surface area contributed by atoms with Gasteiger partial charge in [0.15, 0.2) is 0 Å². The molecule has 1 aromatic heterocycles. The highest BCUT2D eigenvalue weighted by Gasteiger charge is 2.15. The molecule has 1 aromatic carbocycles. The number of aromatic hydroxyl groups is 1. The zero-order valence-corrected chi connectivity index (χ0v) is 12.8. The summed E-state index contributed by atoms with van der Waals surface area (Å²) in [6, 6.07) is 4.00. The van der Waals surface area contributed by atoms with Gasteiger partial charge in [-0.25, -0.2) is 0 Å². The molecular weight excluding hydrogens is 327 g/mol. The Labute approximate surface area is 119 Å². The maximum absolute atomic E-state index is 10.1. The summed E-state index contributed by atoms with van der Waals surface area (Å²) in [4.78, 5) is 0. The summed E-state index contributed by atoms with van der Waals surface area (Å²) in [6.07, 6.45) is 0.806. The third-order valence-electron chi connectivity index (χ3n) is 3.35. The third-order valence-corrected chi connectivity index (χ3v) is 3.35. The van der Waals surface area contributed by atoms with Gasteiger partial charge in [-0.15, -0.1) is 24.0 Å². The van der Waals surface area contributed by atoms with E-state index >= 15 is 0 Å². The molecule has 17 heavy (non-hydrogen) atoms. The molecule has 1 heterocycles. The van der Waals surface area contributed by atoms with E-state index in [1.54, 1.807) is 0 Å². The van der Waals surface area contributed by atoms with Crippen molar-refractivity contribution >= 4 is 34.9 Å². The topological polar surface area (TPSA) is 51.2 Å². The van der Waals surface area contributed by atoms with E-state index in [4.69, 9.17) is 5.73 Å². The van der Waals surface area contributed by atoms with E-state index in [2.05, 4.69) is 17.6 Å². The fraction of sp³-hybridized carbons (Fsp3) is 0.385. The number of aromatic nitrogens is 1. The highest BCUT2D eigenvalue weighted by molar-refractivity contribution is 14.0. The average Bonchev–Trinajstić information content (AvgIpc) is 2.50. The molecule has 0 aliphatic carbocycles. The quantitative estimate of drug-likeness (QED) is 0.822. The van der Waals surface area contributed by atoms with E-state index in [0.717, 1.165) is 22.9 Å². The van der Waals surface area contributed by atoms with Crippen LogP contribution in [0.25, 0.3) is 10.9 Å². The second-order valence-electron chi connectivity index (χ2n) is 4.29. The number of aryl methyl sites for hydroxylation is 2. The minimum absolute atomic E-state index is 0.